The maximum atomic E-state index is 12.5. The highest BCUT2D eigenvalue weighted by Gasteiger charge is 2.66. The van der Waals surface area contributed by atoms with Crippen molar-refractivity contribution in [1.82, 2.24) is 0 Å². The summed E-state index contributed by atoms with van der Waals surface area (Å²) < 4.78 is 12.1. The molecule has 4 aliphatic rings. The van der Waals surface area contributed by atoms with Crippen LogP contribution in [0, 0.1) is 63.6 Å². The maximum Gasteiger partial charge on any atom is 0.302 e. The fourth-order valence-corrected chi connectivity index (χ4v) is 10.6. The second-order valence-electron chi connectivity index (χ2n) is 14.0. The van der Waals surface area contributed by atoms with E-state index in [-0.39, 0.29) is 29.6 Å². The molecule has 5 heteroatoms. The smallest absolute Gasteiger partial charge is 0.302 e. The number of fused-ring (bicyclic) bond motifs is 5. The molecule has 0 bridgehead atoms. The number of hydrogen-bond donors (Lipinski definition) is 0. The number of nitriles is 1. The fourth-order valence-electron chi connectivity index (χ4n) is 10.6. The molecule has 11 atom stereocenters. The molecule has 0 aliphatic heterocycles. The quantitative estimate of drug-likeness (QED) is 0.225. The van der Waals surface area contributed by atoms with Crippen molar-refractivity contribution in [3.05, 3.63) is 0 Å². The zero-order valence-corrected chi connectivity index (χ0v) is 25.0. The van der Waals surface area contributed by atoms with E-state index in [2.05, 4.69) is 33.8 Å². The van der Waals surface area contributed by atoms with Crippen LogP contribution in [0.5, 0.6) is 0 Å². The van der Waals surface area contributed by atoms with Crippen molar-refractivity contribution in [3.8, 4) is 6.07 Å². The summed E-state index contributed by atoms with van der Waals surface area (Å²) in [7, 11) is 0. The Bertz CT molecular complexity index is 896. The first kappa shape index (κ1) is 29.4. The summed E-state index contributed by atoms with van der Waals surface area (Å²) in [6, 6.07) is 2.28. The molecule has 4 aliphatic carbocycles. The molecule has 38 heavy (non-hydrogen) atoms. The molecular weight excluding hydrogens is 474 g/mol. The van der Waals surface area contributed by atoms with Crippen LogP contribution in [0.4, 0.5) is 0 Å². The summed E-state index contributed by atoms with van der Waals surface area (Å²) >= 11 is 0. The molecule has 4 rings (SSSR count). The van der Waals surface area contributed by atoms with Crippen molar-refractivity contribution in [2.45, 2.75) is 137 Å². The van der Waals surface area contributed by atoms with Crippen molar-refractivity contribution >= 4 is 11.9 Å². The molecular formula is C33H53NO4. The number of nitrogens with zero attached hydrogens (tertiary/aromatic N) is 1. The summed E-state index contributed by atoms with van der Waals surface area (Å²) in [5.74, 6) is 3.45. The summed E-state index contributed by atoms with van der Waals surface area (Å²) in [5, 5.41) is 8.85. The van der Waals surface area contributed by atoms with Gasteiger partial charge in [0.05, 0.1) is 6.07 Å². The minimum Gasteiger partial charge on any atom is -0.463 e. The van der Waals surface area contributed by atoms with Crippen LogP contribution in [0.15, 0.2) is 0 Å². The average Bonchev–Trinajstić information content (AvgIpc) is 3.21. The van der Waals surface area contributed by atoms with E-state index in [1.165, 1.54) is 45.4 Å². The van der Waals surface area contributed by atoms with E-state index in [1.54, 1.807) is 6.92 Å². The molecule has 5 nitrogen and oxygen atoms in total. The molecule has 0 N–H and O–H groups in total. The van der Waals surface area contributed by atoms with Crippen LogP contribution in [-0.4, -0.2) is 24.1 Å². The van der Waals surface area contributed by atoms with Crippen LogP contribution in [0.1, 0.15) is 125 Å². The number of rotatable bonds is 9. The monoisotopic (exact) mass is 527 g/mol. The highest BCUT2D eigenvalue weighted by molar-refractivity contribution is 5.66. The van der Waals surface area contributed by atoms with E-state index in [9.17, 15) is 9.59 Å². The van der Waals surface area contributed by atoms with Gasteiger partial charge < -0.3 is 9.47 Å². The molecule has 4 saturated carbocycles. The van der Waals surface area contributed by atoms with Crippen LogP contribution in [0.2, 0.25) is 0 Å². The van der Waals surface area contributed by atoms with E-state index >= 15 is 0 Å². The van der Waals surface area contributed by atoms with Crippen molar-refractivity contribution in [3.63, 3.8) is 0 Å². The van der Waals surface area contributed by atoms with E-state index in [4.69, 9.17) is 14.7 Å². The second kappa shape index (κ2) is 11.9. The van der Waals surface area contributed by atoms with Gasteiger partial charge in [0.25, 0.3) is 0 Å². The SMILES string of the molecule is CC[C@H]1C(OC(C)=O)[C@@H]2[C@H](CC[C@]3(C)C([C@H](C)CCCCCC#N)CC[C@@H]23)[C@@]2(C)CCC(OC(C)=O)C[C@@H]12. The van der Waals surface area contributed by atoms with Gasteiger partial charge in [0, 0.05) is 26.2 Å². The van der Waals surface area contributed by atoms with Crippen molar-refractivity contribution in [2.24, 2.45) is 52.3 Å². The molecule has 4 fully saturated rings. The molecule has 0 amide bonds. The predicted octanol–water partition coefficient (Wildman–Crippen LogP) is 7.86. The number of carbonyl (C=O) groups is 2. The van der Waals surface area contributed by atoms with Gasteiger partial charge in [0.2, 0.25) is 0 Å². The number of hydrogen-bond acceptors (Lipinski definition) is 5. The third-order valence-corrected chi connectivity index (χ3v) is 12.2. The molecule has 0 aromatic carbocycles. The van der Waals surface area contributed by atoms with Gasteiger partial charge in [-0.2, -0.15) is 5.26 Å². The summed E-state index contributed by atoms with van der Waals surface area (Å²) in [6.45, 7) is 13.0. The van der Waals surface area contributed by atoms with Gasteiger partial charge in [-0.1, -0.05) is 47.0 Å². The van der Waals surface area contributed by atoms with Crippen LogP contribution in [0.25, 0.3) is 0 Å². The second-order valence-corrected chi connectivity index (χ2v) is 14.0. The lowest BCUT2D eigenvalue weighted by molar-refractivity contribution is -0.219. The van der Waals surface area contributed by atoms with Crippen LogP contribution in [-0.2, 0) is 19.1 Å². The normalized spacial score (nSPS) is 42.7. The first-order valence-electron chi connectivity index (χ1n) is 15.8. The summed E-state index contributed by atoms with van der Waals surface area (Å²) in [4.78, 5) is 24.3. The lowest BCUT2D eigenvalue weighted by atomic mass is 9.41. The Kier molecular flexibility index (Phi) is 9.20. The number of esters is 2. The summed E-state index contributed by atoms with van der Waals surface area (Å²) in [5.41, 5.74) is 0.520. The van der Waals surface area contributed by atoms with Gasteiger partial charge in [0.1, 0.15) is 12.2 Å². The Morgan fingerprint density at radius 3 is 2.26 bits per heavy atom. The standard InChI is InChI=1S/C33H53NO4/c1-7-25-29-20-24(37-22(3)35)15-17-33(29,6)28-16-18-32(5)26(21(2)12-10-8-9-11-19-34)13-14-27(32)30(28)31(25)38-23(4)36/h21,24-31H,7-18,20H2,1-6H3/t21-,24?,25-,26?,27+,28+,29+,30+,31?,32-,33-/m1/s1. The van der Waals surface area contributed by atoms with Crippen molar-refractivity contribution in [2.75, 3.05) is 0 Å². The average molecular weight is 528 g/mol. The largest absolute Gasteiger partial charge is 0.463 e. The van der Waals surface area contributed by atoms with Crippen molar-refractivity contribution < 1.29 is 19.1 Å². The van der Waals surface area contributed by atoms with Gasteiger partial charge in [-0.05, 0) is 104 Å². The van der Waals surface area contributed by atoms with Gasteiger partial charge >= 0.3 is 11.9 Å². The Morgan fingerprint density at radius 1 is 0.921 bits per heavy atom. The van der Waals surface area contributed by atoms with E-state index in [1.807, 2.05) is 0 Å². The molecule has 0 radical (unpaired) electrons. The number of carbonyl (C=O) groups excluding carboxylic acids is 2. The fraction of sp³-hybridized carbons (Fsp3) is 0.909. The van der Waals surface area contributed by atoms with Gasteiger partial charge in [-0.25, -0.2) is 0 Å². The van der Waals surface area contributed by atoms with Crippen LogP contribution in [0.3, 0.4) is 0 Å². The third kappa shape index (κ3) is 5.40. The molecule has 214 valence electrons. The third-order valence-electron chi connectivity index (χ3n) is 12.2. The van der Waals surface area contributed by atoms with Gasteiger partial charge in [-0.3, -0.25) is 9.59 Å². The molecule has 0 aromatic rings. The van der Waals surface area contributed by atoms with Gasteiger partial charge in [-0.15, -0.1) is 0 Å². The Labute approximate surface area is 231 Å². The minimum absolute atomic E-state index is 0.00659. The lowest BCUT2D eigenvalue weighted by Gasteiger charge is -2.65. The predicted molar refractivity (Wildman–Crippen MR) is 149 cm³/mol. The van der Waals surface area contributed by atoms with Crippen molar-refractivity contribution in [1.29, 1.82) is 5.26 Å². The lowest BCUT2D eigenvalue weighted by Crippen LogP contribution is -2.63. The first-order chi connectivity index (χ1) is 18.1. The molecule has 0 saturated heterocycles. The molecule has 0 heterocycles. The number of unbranched alkanes of at least 4 members (excludes halogenated alkanes) is 3. The Balaban J connectivity index is 1.59. The zero-order valence-electron chi connectivity index (χ0n) is 25.0. The van der Waals surface area contributed by atoms with E-state index in [0.29, 0.717) is 47.3 Å². The molecule has 0 aromatic heterocycles. The van der Waals surface area contributed by atoms with Gasteiger partial charge in [0.15, 0.2) is 0 Å². The highest BCUT2D eigenvalue weighted by Crippen LogP contribution is 2.70. The summed E-state index contributed by atoms with van der Waals surface area (Å²) in [6.07, 6.45) is 14.3. The first-order valence-corrected chi connectivity index (χ1v) is 15.8. The molecule has 0 spiro atoms. The van der Waals surface area contributed by atoms with Crippen LogP contribution < -0.4 is 0 Å². The highest BCUT2D eigenvalue weighted by atomic mass is 16.5. The van der Waals surface area contributed by atoms with E-state index < -0.39 is 0 Å². The Hall–Kier alpha value is -1.57. The minimum atomic E-state index is -0.179. The molecule has 3 unspecified atom stereocenters. The topological polar surface area (TPSA) is 76.4 Å². The van der Waals surface area contributed by atoms with E-state index in [0.717, 1.165) is 44.4 Å². The Morgan fingerprint density at radius 2 is 1.61 bits per heavy atom. The zero-order chi connectivity index (χ0) is 27.7. The maximum absolute atomic E-state index is 12.5. The number of ether oxygens (including phenoxy) is 2. The van der Waals surface area contributed by atoms with Crippen LogP contribution >= 0.6 is 0 Å².